The van der Waals surface area contributed by atoms with E-state index >= 15 is 0 Å². The van der Waals surface area contributed by atoms with Gasteiger partial charge in [0.2, 0.25) is 11.4 Å². The molecule has 2 rings (SSSR count). The van der Waals surface area contributed by atoms with E-state index in [4.69, 9.17) is 5.21 Å². The van der Waals surface area contributed by atoms with Gasteiger partial charge in [0, 0.05) is 19.9 Å². The van der Waals surface area contributed by atoms with E-state index in [0.717, 1.165) is 5.56 Å². The molecule has 0 aromatic heterocycles. The van der Waals surface area contributed by atoms with Crippen molar-refractivity contribution in [1.29, 1.82) is 0 Å². The zero-order valence-corrected chi connectivity index (χ0v) is 14.4. The monoisotopic (exact) mass is 355 g/mol. The van der Waals surface area contributed by atoms with Crippen LogP contribution >= 0.6 is 0 Å². The van der Waals surface area contributed by atoms with Gasteiger partial charge in [-0.05, 0) is 11.1 Å². The third-order valence-electron chi connectivity index (χ3n) is 3.87. The molecule has 0 radical (unpaired) electrons. The predicted octanol–water partition coefficient (Wildman–Crippen LogP) is 0.926. The minimum Gasteiger partial charge on any atom is -0.350 e. The van der Waals surface area contributed by atoms with Gasteiger partial charge in [0.25, 0.3) is 11.8 Å². The van der Waals surface area contributed by atoms with Gasteiger partial charge in [-0.3, -0.25) is 19.6 Å². The number of benzene rings is 2. The molecule has 0 saturated heterocycles. The number of carbonyl (C=O) groups is 3. The molecule has 0 saturated carbocycles. The van der Waals surface area contributed by atoms with Crippen molar-refractivity contribution in [2.24, 2.45) is 0 Å². The second-order valence-corrected chi connectivity index (χ2v) is 5.86. The van der Waals surface area contributed by atoms with Crippen LogP contribution in [0.15, 0.2) is 60.7 Å². The van der Waals surface area contributed by atoms with Gasteiger partial charge >= 0.3 is 0 Å². The van der Waals surface area contributed by atoms with Crippen LogP contribution in [0.25, 0.3) is 0 Å². The van der Waals surface area contributed by atoms with Crippen LogP contribution in [0.1, 0.15) is 18.1 Å². The Morgan fingerprint density at radius 3 is 1.92 bits per heavy atom. The third kappa shape index (κ3) is 4.67. The van der Waals surface area contributed by atoms with Gasteiger partial charge in [-0.2, -0.15) is 0 Å². The molecular formula is C19H21N3O4. The maximum absolute atomic E-state index is 12.9. The first kappa shape index (κ1) is 19.1. The van der Waals surface area contributed by atoms with E-state index in [1.165, 1.54) is 12.4 Å². The standard InChI is InChI=1S/C19H21N3O4/c1-14(23)21-19(18(25)22-26,12-15-8-4-2-5-9-15)17(24)20-13-16-10-6-3-7-11-16/h2-11,26H,12-13H2,1H3,(H,20,24)(H,21,23)(H,22,25)/t19-/m1/s1. The molecule has 0 fully saturated rings. The average molecular weight is 355 g/mol. The molecule has 0 spiro atoms. The summed E-state index contributed by atoms with van der Waals surface area (Å²) < 4.78 is 0. The van der Waals surface area contributed by atoms with Crippen molar-refractivity contribution in [3.63, 3.8) is 0 Å². The summed E-state index contributed by atoms with van der Waals surface area (Å²) in [4.78, 5) is 37.0. The largest absolute Gasteiger partial charge is 0.350 e. The first-order valence-electron chi connectivity index (χ1n) is 8.07. The van der Waals surface area contributed by atoms with Crippen LogP contribution in [0.5, 0.6) is 0 Å². The number of nitrogens with one attached hydrogen (secondary N) is 3. The first-order valence-corrected chi connectivity index (χ1v) is 8.07. The zero-order chi connectivity index (χ0) is 19.0. The molecule has 0 aliphatic rings. The van der Waals surface area contributed by atoms with Gasteiger partial charge in [0.1, 0.15) is 0 Å². The summed E-state index contributed by atoms with van der Waals surface area (Å²) in [6, 6.07) is 17.9. The fourth-order valence-corrected chi connectivity index (χ4v) is 2.65. The van der Waals surface area contributed by atoms with Crippen LogP contribution in [-0.4, -0.2) is 28.5 Å². The van der Waals surface area contributed by atoms with Crippen molar-refractivity contribution >= 4 is 17.7 Å². The van der Waals surface area contributed by atoms with E-state index in [1.54, 1.807) is 30.3 Å². The fourth-order valence-electron chi connectivity index (χ4n) is 2.65. The molecule has 0 unspecified atom stereocenters. The Labute approximate surface area is 151 Å². The van der Waals surface area contributed by atoms with Gasteiger partial charge in [0.15, 0.2) is 0 Å². The van der Waals surface area contributed by atoms with Crippen molar-refractivity contribution in [2.45, 2.75) is 25.4 Å². The normalized spacial score (nSPS) is 12.5. The Hall–Kier alpha value is -3.19. The Bertz CT molecular complexity index is 765. The highest BCUT2D eigenvalue weighted by Crippen LogP contribution is 2.16. The van der Waals surface area contributed by atoms with Crippen molar-refractivity contribution in [2.75, 3.05) is 0 Å². The molecule has 0 aliphatic carbocycles. The van der Waals surface area contributed by atoms with E-state index in [9.17, 15) is 14.4 Å². The number of hydrogen-bond donors (Lipinski definition) is 4. The SMILES string of the molecule is CC(=O)N[C@@](Cc1ccccc1)(C(=O)NO)C(=O)NCc1ccccc1. The van der Waals surface area contributed by atoms with E-state index in [2.05, 4.69) is 10.6 Å². The minimum atomic E-state index is -1.98. The lowest BCUT2D eigenvalue weighted by atomic mass is 9.88. The molecule has 0 bridgehead atoms. The third-order valence-corrected chi connectivity index (χ3v) is 3.87. The maximum Gasteiger partial charge on any atom is 0.279 e. The molecule has 1 atom stereocenters. The van der Waals surface area contributed by atoms with Crippen LogP contribution in [0.2, 0.25) is 0 Å². The zero-order valence-electron chi connectivity index (χ0n) is 14.4. The molecule has 136 valence electrons. The molecule has 0 heterocycles. The molecule has 2 aromatic rings. The van der Waals surface area contributed by atoms with Crippen molar-refractivity contribution in [3.8, 4) is 0 Å². The number of carbonyl (C=O) groups excluding carboxylic acids is 3. The highest BCUT2D eigenvalue weighted by molar-refractivity contribution is 6.11. The minimum absolute atomic E-state index is 0.111. The summed E-state index contributed by atoms with van der Waals surface area (Å²) in [5, 5.41) is 14.2. The summed E-state index contributed by atoms with van der Waals surface area (Å²) in [6.45, 7) is 1.38. The summed E-state index contributed by atoms with van der Waals surface area (Å²) >= 11 is 0. The lowest BCUT2D eigenvalue weighted by molar-refractivity contribution is -0.147. The van der Waals surface area contributed by atoms with Gasteiger partial charge < -0.3 is 10.6 Å². The van der Waals surface area contributed by atoms with E-state index in [0.29, 0.717) is 5.56 Å². The quantitative estimate of drug-likeness (QED) is 0.337. The molecular weight excluding hydrogens is 334 g/mol. The van der Waals surface area contributed by atoms with Crippen LogP contribution in [0.3, 0.4) is 0 Å². The number of amides is 3. The molecule has 0 aliphatic heterocycles. The smallest absolute Gasteiger partial charge is 0.279 e. The van der Waals surface area contributed by atoms with Crippen LogP contribution in [-0.2, 0) is 27.3 Å². The number of hydrogen-bond acceptors (Lipinski definition) is 4. The van der Waals surface area contributed by atoms with E-state index < -0.39 is 23.3 Å². The summed E-state index contributed by atoms with van der Waals surface area (Å²) in [5.41, 5.74) is 1.01. The van der Waals surface area contributed by atoms with Gasteiger partial charge in [0.05, 0.1) is 0 Å². The summed E-state index contributed by atoms with van der Waals surface area (Å²) in [5.74, 6) is -2.30. The average Bonchev–Trinajstić information content (AvgIpc) is 2.66. The Kier molecular flexibility index (Phi) is 6.46. The van der Waals surface area contributed by atoms with Crippen LogP contribution < -0.4 is 16.1 Å². The summed E-state index contributed by atoms with van der Waals surface area (Å²) in [6.07, 6.45) is -0.111. The summed E-state index contributed by atoms with van der Waals surface area (Å²) in [7, 11) is 0. The van der Waals surface area contributed by atoms with Gasteiger partial charge in [-0.15, -0.1) is 0 Å². The second-order valence-electron chi connectivity index (χ2n) is 5.86. The molecule has 3 amide bonds. The van der Waals surface area contributed by atoms with E-state index in [-0.39, 0.29) is 13.0 Å². The molecule has 7 heteroatoms. The Morgan fingerprint density at radius 1 is 0.885 bits per heavy atom. The van der Waals surface area contributed by atoms with Crippen molar-refractivity contribution in [1.82, 2.24) is 16.1 Å². The lowest BCUT2D eigenvalue weighted by Crippen LogP contribution is -2.67. The van der Waals surface area contributed by atoms with Crippen LogP contribution in [0, 0.1) is 0 Å². The first-order chi connectivity index (χ1) is 12.5. The van der Waals surface area contributed by atoms with Gasteiger partial charge in [-0.1, -0.05) is 60.7 Å². The number of hydroxylamine groups is 1. The Morgan fingerprint density at radius 2 is 1.42 bits per heavy atom. The fraction of sp³-hybridized carbons (Fsp3) is 0.211. The van der Waals surface area contributed by atoms with Crippen molar-refractivity contribution < 1.29 is 19.6 Å². The second kappa shape index (κ2) is 8.77. The van der Waals surface area contributed by atoms with Gasteiger partial charge in [-0.25, -0.2) is 5.48 Å². The molecule has 2 aromatic carbocycles. The lowest BCUT2D eigenvalue weighted by Gasteiger charge is -2.31. The highest BCUT2D eigenvalue weighted by atomic mass is 16.5. The highest BCUT2D eigenvalue weighted by Gasteiger charge is 2.47. The maximum atomic E-state index is 12.9. The van der Waals surface area contributed by atoms with Crippen LogP contribution in [0.4, 0.5) is 0 Å². The molecule has 4 N–H and O–H groups in total. The number of rotatable bonds is 7. The van der Waals surface area contributed by atoms with Crippen molar-refractivity contribution in [3.05, 3.63) is 71.8 Å². The Balaban J connectivity index is 2.31. The molecule has 26 heavy (non-hydrogen) atoms. The predicted molar refractivity (Wildman–Crippen MR) is 94.9 cm³/mol. The van der Waals surface area contributed by atoms with E-state index in [1.807, 2.05) is 30.3 Å². The topological polar surface area (TPSA) is 108 Å². The molecule has 7 nitrogen and oxygen atoms in total.